The fourth-order valence-corrected chi connectivity index (χ4v) is 2.86. The van der Waals surface area contributed by atoms with Gasteiger partial charge in [-0.05, 0) is 48.9 Å². The molecule has 0 atom stereocenters. The van der Waals surface area contributed by atoms with E-state index in [0.717, 1.165) is 5.56 Å². The molecular formula is C22H20ClN3O2. The summed E-state index contributed by atoms with van der Waals surface area (Å²) in [7, 11) is 0. The number of amides is 2. The molecule has 1 aromatic heterocycles. The molecule has 1 heterocycles. The topological polar surface area (TPSA) is 62.3 Å². The number of nitrogens with one attached hydrogen (secondary N) is 1. The lowest BCUT2D eigenvalue weighted by molar-refractivity contribution is 0.0752. The monoisotopic (exact) mass is 393 g/mol. The van der Waals surface area contributed by atoms with Crippen molar-refractivity contribution in [3.63, 3.8) is 0 Å². The number of hydrogen-bond donors (Lipinski definition) is 1. The van der Waals surface area contributed by atoms with Gasteiger partial charge in [-0.15, -0.1) is 0 Å². The first-order chi connectivity index (χ1) is 13.6. The van der Waals surface area contributed by atoms with E-state index < -0.39 is 0 Å². The quantitative estimate of drug-likeness (QED) is 0.663. The van der Waals surface area contributed by atoms with E-state index in [4.69, 9.17) is 11.6 Å². The van der Waals surface area contributed by atoms with Crippen molar-refractivity contribution in [2.24, 2.45) is 0 Å². The molecule has 0 aliphatic heterocycles. The summed E-state index contributed by atoms with van der Waals surface area (Å²) in [6.45, 7) is 2.99. The van der Waals surface area contributed by atoms with Crippen molar-refractivity contribution in [1.82, 2.24) is 9.88 Å². The second-order valence-electron chi connectivity index (χ2n) is 6.20. The van der Waals surface area contributed by atoms with Gasteiger partial charge in [0.15, 0.2) is 0 Å². The number of nitrogens with zero attached hydrogens (tertiary/aromatic N) is 2. The van der Waals surface area contributed by atoms with Crippen LogP contribution in [0, 0.1) is 0 Å². The van der Waals surface area contributed by atoms with Crippen molar-refractivity contribution in [3.05, 3.63) is 94.8 Å². The molecule has 0 saturated carbocycles. The van der Waals surface area contributed by atoms with E-state index in [0.29, 0.717) is 29.4 Å². The number of carbonyl (C=O) groups excluding carboxylic acids is 2. The lowest BCUT2D eigenvalue weighted by atomic mass is 10.1. The van der Waals surface area contributed by atoms with Gasteiger partial charge in [0.25, 0.3) is 11.8 Å². The van der Waals surface area contributed by atoms with Gasteiger partial charge >= 0.3 is 0 Å². The van der Waals surface area contributed by atoms with Gasteiger partial charge in [0.2, 0.25) is 0 Å². The Hall–Kier alpha value is -3.18. The molecule has 3 aromatic rings. The first kappa shape index (κ1) is 19.6. The zero-order valence-corrected chi connectivity index (χ0v) is 16.2. The van der Waals surface area contributed by atoms with Crippen LogP contribution < -0.4 is 5.32 Å². The van der Waals surface area contributed by atoms with Gasteiger partial charge in [0.1, 0.15) is 5.69 Å². The minimum absolute atomic E-state index is 0.144. The summed E-state index contributed by atoms with van der Waals surface area (Å²) in [5.41, 5.74) is 2.25. The standard InChI is InChI=1S/C22H20ClN3O2/c1-2-26(15-16-6-4-3-5-7-16)22(28)17-12-13-24-20(14-17)21(27)25-19-10-8-18(23)9-11-19/h3-14H,2,15H2,1H3,(H,25,27). The molecule has 0 saturated heterocycles. The van der Waals surface area contributed by atoms with Gasteiger partial charge in [0.05, 0.1) is 0 Å². The van der Waals surface area contributed by atoms with Crippen LogP contribution in [0.1, 0.15) is 33.3 Å². The molecule has 142 valence electrons. The van der Waals surface area contributed by atoms with Gasteiger partial charge in [-0.2, -0.15) is 0 Å². The maximum absolute atomic E-state index is 12.9. The molecule has 2 amide bonds. The molecule has 0 unspecified atom stereocenters. The first-order valence-electron chi connectivity index (χ1n) is 8.93. The normalized spacial score (nSPS) is 10.4. The predicted molar refractivity (Wildman–Crippen MR) is 110 cm³/mol. The number of carbonyl (C=O) groups is 2. The SMILES string of the molecule is CCN(Cc1ccccc1)C(=O)c1ccnc(C(=O)Nc2ccc(Cl)cc2)c1. The number of benzene rings is 2. The molecule has 6 heteroatoms. The van der Waals surface area contributed by atoms with E-state index >= 15 is 0 Å². The van der Waals surface area contributed by atoms with Crippen LogP contribution in [0.3, 0.4) is 0 Å². The Balaban J connectivity index is 1.74. The van der Waals surface area contributed by atoms with Gasteiger partial charge < -0.3 is 10.2 Å². The van der Waals surface area contributed by atoms with Crippen molar-refractivity contribution in [2.45, 2.75) is 13.5 Å². The van der Waals surface area contributed by atoms with Gasteiger partial charge in [-0.3, -0.25) is 14.6 Å². The summed E-state index contributed by atoms with van der Waals surface area (Å²) in [5.74, 6) is -0.530. The van der Waals surface area contributed by atoms with Crippen LogP contribution in [0.25, 0.3) is 0 Å². The van der Waals surface area contributed by atoms with Crippen molar-refractivity contribution >= 4 is 29.1 Å². The Bertz CT molecular complexity index is 959. The number of anilines is 1. The molecule has 0 fully saturated rings. The van der Waals surface area contributed by atoms with Gasteiger partial charge in [-0.1, -0.05) is 41.9 Å². The van der Waals surface area contributed by atoms with Crippen molar-refractivity contribution in [3.8, 4) is 0 Å². The number of halogens is 1. The van der Waals surface area contributed by atoms with Crippen LogP contribution in [0.15, 0.2) is 72.9 Å². The molecule has 0 spiro atoms. The van der Waals surface area contributed by atoms with Crippen LogP contribution in [0.4, 0.5) is 5.69 Å². The predicted octanol–water partition coefficient (Wildman–Crippen LogP) is 4.65. The van der Waals surface area contributed by atoms with E-state index in [2.05, 4.69) is 10.3 Å². The second kappa shape index (κ2) is 9.15. The van der Waals surface area contributed by atoms with Crippen LogP contribution in [0.2, 0.25) is 5.02 Å². The first-order valence-corrected chi connectivity index (χ1v) is 9.31. The van der Waals surface area contributed by atoms with Crippen LogP contribution in [0.5, 0.6) is 0 Å². The highest BCUT2D eigenvalue weighted by molar-refractivity contribution is 6.30. The molecule has 1 N–H and O–H groups in total. The van der Waals surface area contributed by atoms with Crippen molar-refractivity contribution < 1.29 is 9.59 Å². The smallest absolute Gasteiger partial charge is 0.274 e. The molecule has 0 radical (unpaired) electrons. The lowest BCUT2D eigenvalue weighted by Crippen LogP contribution is -2.30. The Morgan fingerprint density at radius 1 is 1.04 bits per heavy atom. The molecule has 28 heavy (non-hydrogen) atoms. The van der Waals surface area contributed by atoms with Crippen LogP contribution in [-0.2, 0) is 6.54 Å². The lowest BCUT2D eigenvalue weighted by Gasteiger charge is -2.21. The fourth-order valence-electron chi connectivity index (χ4n) is 2.73. The van der Waals surface area contributed by atoms with E-state index in [1.807, 2.05) is 37.3 Å². The molecule has 2 aromatic carbocycles. The van der Waals surface area contributed by atoms with Crippen LogP contribution in [-0.4, -0.2) is 28.2 Å². The highest BCUT2D eigenvalue weighted by Crippen LogP contribution is 2.15. The maximum atomic E-state index is 12.9. The number of rotatable bonds is 6. The van der Waals surface area contributed by atoms with Crippen molar-refractivity contribution in [2.75, 3.05) is 11.9 Å². The highest BCUT2D eigenvalue weighted by Gasteiger charge is 2.17. The summed E-state index contributed by atoms with van der Waals surface area (Å²) in [5, 5.41) is 3.33. The summed E-state index contributed by atoms with van der Waals surface area (Å²) in [6.07, 6.45) is 1.47. The summed E-state index contributed by atoms with van der Waals surface area (Å²) in [6, 6.07) is 19.7. The molecule has 0 bridgehead atoms. The average Bonchev–Trinajstić information content (AvgIpc) is 2.74. The van der Waals surface area contributed by atoms with Crippen molar-refractivity contribution in [1.29, 1.82) is 0 Å². The van der Waals surface area contributed by atoms with E-state index in [1.54, 1.807) is 35.2 Å². The van der Waals surface area contributed by atoms with E-state index in [9.17, 15) is 9.59 Å². The zero-order valence-electron chi connectivity index (χ0n) is 15.4. The average molecular weight is 394 g/mol. The van der Waals surface area contributed by atoms with E-state index in [-0.39, 0.29) is 17.5 Å². The van der Waals surface area contributed by atoms with Crippen LogP contribution >= 0.6 is 11.6 Å². The number of pyridine rings is 1. The summed E-state index contributed by atoms with van der Waals surface area (Å²) < 4.78 is 0. The Morgan fingerprint density at radius 3 is 2.43 bits per heavy atom. The Labute approximate surface area is 169 Å². The number of aromatic nitrogens is 1. The Morgan fingerprint density at radius 2 is 1.75 bits per heavy atom. The molecule has 3 rings (SSSR count). The van der Waals surface area contributed by atoms with Gasteiger partial charge in [0, 0.05) is 35.6 Å². The zero-order chi connectivity index (χ0) is 19.9. The third kappa shape index (κ3) is 4.96. The summed E-state index contributed by atoms with van der Waals surface area (Å²) >= 11 is 5.86. The molecule has 5 nitrogen and oxygen atoms in total. The molecule has 0 aliphatic carbocycles. The van der Waals surface area contributed by atoms with E-state index in [1.165, 1.54) is 12.3 Å². The molecule has 0 aliphatic rings. The second-order valence-corrected chi connectivity index (χ2v) is 6.63. The van der Waals surface area contributed by atoms with Gasteiger partial charge in [-0.25, -0.2) is 0 Å². The fraction of sp³-hybridized carbons (Fsp3) is 0.136. The minimum Gasteiger partial charge on any atom is -0.335 e. The third-order valence-corrected chi connectivity index (χ3v) is 4.48. The largest absolute Gasteiger partial charge is 0.335 e. The molecular weight excluding hydrogens is 374 g/mol. The highest BCUT2D eigenvalue weighted by atomic mass is 35.5. The third-order valence-electron chi connectivity index (χ3n) is 4.23. The number of hydrogen-bond acceptors (Lipinski definition) is 3. The minimum atomic E-state index is -0.386. The maximum Gasteiger partial charge on any atom is 0.274 e. The summed E-state index contributed by atoms with van der Waals surface area (Å²) in [4.78, 5) is 31.2. The Kier molecular flexibility index (Phi) is 6.40.